The molecule has 1 aliphatic heterocycles. The molecule has 0 saturated heterocycles. The summed E-state index contributed by atoms with van der Waals surface area (Å²) in [5.41, 5.74) is 0.701. The molecule has 1 heterocycles. The lowest BCUT2D eigenvalue weighted by Crippen LogP contribution is -2.44. The Morgan fingerprint density at radius 2 is 1.67 bits per heavy atom. The summed E-state index contributed by atoms with van der Waals surface area (Å²) in [7, 11) is 1.23. The monoisotopic (exact) mass is 418 g/mol. The normalized spacial score (nSPS) is 13.8. The fourth-order valence-corrected chi connectivity index (χ4v) is 3.11. The number of benzene rings is 1. The highest BCUT2D eigenvalue weighted by Crippen LogP contribution is 2.22. The average molecular weight is 418 g/mol. The van der Waals surface area contributed by atoms with Crippen molar-refractivity contribution in [2.24, 2.45) is 5.92 Å². The molecule has 0 aliphatic carbocycles. The van der Waals surface area contributed by atoms with Crippen LogP contribution >= 0.6 is 0 Å². The predicted molar refractivity (Wildman–Crippen MR) is 105 cm³/mol. The van der Waals surface area contributed by atoms with Crippen LogP contribution in [0.2, 0.25) is 0 Å². The highest BCUT2D eigenvalue weighted by molar-refractivity contribution is 6.21. The van der Waals surface area contributed by atoms with Crippen molar-refractivity contribution in [2.75, 3.05) is 20.3 Å². The standard InChI is InChI=1S/C21H26N2O7/c1-13(2)11-16(21(28)29-3)22-17(24)12-30-18(25)9-6-10-23-19(26)14-7-4-5-8-15(14)20(23)27/h4-5,7-8,13,16H,6,9-12H2,1-3H3,(H,22,24)/t16-/m1/s1. The fraction of sp³-hybridized carbons (Fsp3) is 0.476. The molecule has 0 bridgehead atoms. The molecule has 1 atom stereocenters. The summed E-state index contributed by atoms with van der Waals surface area (Å²) in [6.07, 6.45) is 0.545. The molecular formula is C21H26N2O7. The van der Waals surface area contributed by atoms with Gasteiger partial charge in [-0.05, 0) is 30.9 Å². The number of esters is 2. The molecule has 9 nitrogen and oxygen atoms in total. The molecule has 1 aromatic rings. The van der Waals surface area contributed by atoms with Crippen molar-refractivity contribution in [1.29, 1.82) is 0 Å². The Labute approximate surface area is 174 Å². The number of rotatable bonds is 10. The summed E-state index contributed by atoms with van der Waals surface area (Å²) in [6, 6.07) is 5.73. The number of amides is 3. The van der Waals surface area contributed by atoms with Crippen LogP contribution in [0.25, 0.3) is 0 Å². The fourth-order valence-electron chi connectivity index (χ4n) is 3.11. The highest BCUT2D eigenvalue weighted by Gasteiger charge is 2.34. The molecule has 3 amide bonds. The lowest BCUT2D eigenvalue weighted by atomic mass is 10.0. The number of nitrogens with zero attached hydrogens (tertiary/aromatic N) is 1. The van der Waals surface area contributed by atoms with Crippen molar-refractivity contribution in [3.63, 3.8) is 0 Å². The average Bonchev–Trinajstić information content (AvgIpc) is 2.96. The number of fused-ring (bicyclic) bond motifs is 1. The minimum Gasteiger partial charge on any atom is -0.467 e. The minimum atomic E-state index is -0.810. The summed E-state index contributed by atoms with van der Waals surface area (Å²) in [6.45, 7) is 3.34. The first-order chi connectivity index (χ1) is 14.2. The van der Waals surface area contributed by atoms with Crippen molar-refractivity contribution < 1.29 is 33.4 Å². The van der Waals surface area contributed by atoms with E-state index in [1.165, 1.54) is 7.11 Å². The summed E-state index contributed by atoms with van der Waals surface area (Å²) in [4.78, 5) is 61.2. The van der Waals surface area contributed by atoms with E-state index in [0.717, 1.165) is 4.90 Å². The molecule has 30 heavy (non-hydrogen) atoms. The van der Waals surface area contributed by atoms with E-state index in [1.54, 1.807) is 24.3 Å². The molecular weight excluding hydrogens is 392 g/mol. The van der Waals surface area contributed by atoms with Gasteiger partial charge >= 0.3 is 11.9 Å². The van der Waals surface area contributed by atoms with Crippen molar-refractivity contribution in [1.82, 2.24) is 10.2 Å². The van der Waals surface area contributed by atoms with E-state index in [4.69, 9.17) is 4.74 Å². The number of carbonyl (C=O) groups is 5. The predicted octanol–water partition coefficient (Wildman–Crippen LogP) is 1.31. The van der Waals surface area contributed by atoms with Gasteiger partial charge in [0.2, 0.25) is 0 Å². The second kappa shape index (κ2) is 10.5. The molecule has 0 fully saturated rings. The Balaban J connectivity index is 1.74. The first kappa shape index (κ1) is 23.1. The zero-order valence-electron chi connectivity index (χ0n) is 17.3. The molecule has 2 rings (SSSR count). The second-order valence-corrected chi connectivity index (χ2v) is 7.34. The molecule has 1 aromatic carbocycles. The van der Waals surface area contributed by atoms with Crippen molar-refractivity contribution >= 4 is 29.7 Å². The highest BCUT2D eigenvalue weighted by atomic mass is 16.5. The first-order valence-corrected chi connectivity index (χ1v) is 9.72. The van der Waals surface area contributed by atoms with Gasteiger partial charge in [0.1, 0.15) is 6.04 Å². The van der Waals surface area contributed by atoms with Crippen molar-refractivity contribution in [2.45, 2.75) is 39.2 Å². The number of nitrogens with one attached hydrogen (secondary N) is 1. The Morgan fingerprint density at radius 3 is 2.20 bits per heavy atom. The van der Waals surface area contributed by atoms with Gasteiger partial charge in [0.15, 0.2) is 6.61 Å². The van der Waals surface area contributed by atoms with Crippen LogP contribution in [0, 0.1) is 5.92 Å². The molecule has 0 saturated carbocycles. The molecule has 0 unspecified atom stereocenters. The van der Waals surface area contributed by atoms with Gasteiger partial charge in [0.25, 0.3) is 17.7 Å². The summed E-state index contributed by atoms with van der Waals surface area (Å²) in [5.74, 6) is -2.44. The maximum Gasteiger partial charge on any atom is 0.328 e. The molecule has 0 spiro atoms. The molecule has 1 N–H and O–H groups in total. The van der Waals surface area contributed by atoms with Crippen LogP contribution in [0.5, 0.6) is 0 Å². The van der Waals surface area contributed by atoms with E-state index < -0.39 is 30.5 Å². The van der Waals surface area contributed by atoms with Crippen LogP contribution < -0.4 is 5.32 Å². The molecule has 0 radical (unpaired) electrons. The topological polar surface area (TPSA) is 119 Å². The Morgan fingerprint density at radius 1 is 1.07 bits per heavy atom. The Kier molecular flexibility index (Phi) is 8.08. The second-order valence-electron chi connectivity index (χ2n) is 7.34. The Bertz CT molecular complexity index is 799. The summed E-state index contributed by atoms with van der Waals surface area (Å²) >= 11 is 0. The number of hydrogen-bond donors (Lipinski definition) is 1. The molecule has 1 aliphatic rings. The number of methoxy groups -OCH3 is 1. The maximum absolute atomic E-state index is 12.3. The molecule has 9 heteroatoms. The zero-order chi connectivity index (χ0) is 22.3. The third-order valence-corrected chi connectivity index (χ3v) is 4.53. The molecule has 162 valence electrons. The Hall–Kier alpha value is -3.23. The first-order valence-electron chi connectivity index (χ1n) is 9.72. The third kappa shape index (κ3) is 5.88. The van der Waals surface area contributed by atoms with E-state index in [1.807, 2.05) is 13.8 Å². The SMILES string of the molecule is COC(=O)[C@@H](CC(C)C)NC(=O)COC(=O)CCCN1C(=O)c2ccccc2C1=O. The van der Waals surface area contributed by atoms with Crippen LogP contribution in [0.1, 0.15) is 53.8 Å². The van der Waals surface area contributed by atoms with Crippen molar-refractivity contribution in [3.05, 3.63) is 35.4 Å². The van der Waals surface area contributed by atoms with E-state index in [0.29, 0.717) is 17.5 Å². The van der Waals surface area contributed by atoms with Gasteiger partial charge in [-0.25, -0.2) is 4.79 Å². The summed E-state index contributed by atoms with van der Waals surface area (Å²) < 4.78 is 9.57. The van der Waals surface area contributed by atoms with E-state index in [9.17, 15) is 24.0 Å². The maximum atomic E-state index is 12.3. The van der Waals surface area contributed by atoms with Gasteiger partial charge in [-0.3, -0.25) is 24.1 Å². The number of hydrogen-bond acceptors (Lipinski definition) is 7. The largest absolute Gasteiger partial charge is 0.467 e. The minimum absolute atomic E-state index is 0.0624. The van der Waals surface area contributed by atoms with Crippen LogP contribution in [-0.4, -0.2) is 60.9 Å². The lowest BCUT2D eigenvalue weighted by molar-refractivity contribution is -0.150. The van der Waals surface area contributed by atoms with Gasteiger partial charge in [0.05, 0.1) is 18.2 Å². The third-order valence-electron chi connectivity index (χ3n) is 4.53. The van der Waals surface area contributed by atoms with E-state index in [-0.39, 0.29) is 37.1 Å². The van der Waals surface area contributed by atoms with Gasteiger partial charge in [-0.1, -0.05) is 26.0 Å². The van der Waals surface area contributed by atoms with Crippen LogP contribution in [0.4, 0.5) is 0 Å². The zero-order valence-corrected chi connectivity index (χ0v) is 17.3. The summed E-state index contributed by atoms with van der Waals surface area (Å²) in [5, 5.41) is 2.49. The number of ether oxygens (including phenoxy) is 2. The smallest absolute Gasteiger partial charge is 0.328 e. The number of carbonyl (C=O) groups excluding carboxylic acids is 5. The van der Waals surface area contributed by atoms with Gasteiger partial charge in [-0.15, -0.1) is 0 Å². The van der Waals surface area contributed by atoms with Crippen LogP contribution in [-0.2, 0) is 23.9 Å². The van der Waals surface area contributed by atoms with Gasteiger partial charge in [-0.2, -0.15) is 0 Å². The molecule has 0 aromatic heterocycles. The van der Waals surface area contributed by atoms with Gasteiger partial charge in [0, 0.05) is 13.0 Å². The number of imide groups is 1. The lowest BCUT2D eigenvalue weighted by Gasteiger charge is -2.18. The quantitative estimate of drug-likeness (QED) is 0.449. The van der Waals surface area contributed by atoms with E-state index in [2.05, 4.69) is 10.1 Å². The van der Waals surface area contributed by atoms with E-state index >= 15 is 0 Å². The van der Waals surface area contributed by atoms with Crippen LogP contribution in [0.15, 0.2) is 24.3 Å². The van der Waals surface area contributed by atoms with Crippen LogP contribution in [0.3, 0.4) is 0 Å². The van der Waals surface area contributed by atoms with Crippen molar-refractivity contribution in [3.8, 4) is 0 Å². The van der Waals surface area contributed by atoms with Gasteiger partial charge < -0.3 is 14.8 Å².